The van der Waals surface area contributed by atoms with Crippen LogP contribution >= 0.6 is 0 Å². The number of nitrogens with zero attached hydrogens (tertiary/aromatic N) is 1. The predicted octanol–water partition coefficient (Wildman–Crippen LogP) is 0.302. The van der Waals surface area contributed by atoms with E-state index in [1.165, 1.54) is 18.2 Å². The summed E-state index contributed by atoms with van der Waals surface area (Å²) in [4.78, 5) is 57.8. The molecule has 1 aliphatic rings. The molecule has 1 aliphatic heterocycles. The van der Waals surface area contributed by atoms with Gasteiger partial charge in [-0.1, -0.05) is 0 Å². The van der Waals surface area contributed by atoms with Gasteiger partial charge in [-0.15, -0.1) is 0 Å². The average Bonchev–Trinajstić information content (AvgIpc) is 2.82. The van der Waals surface area contributed by atoms with Gasteiger partial charge in [-0.3, -0.25) is 34.2 Å². The minimum atomic E-state index is -0.505. The SMILES string of the molecule is CC(CCC(=O)NC=O)N1C(=O)c2ccc(OCC=O)cc2C1=O. The van der Waals surface area contributed by atoms with E-state index in [4.69, 9.17) is 4.74 Å². The zero-order valence-electron chi connectivity index (χ0n) is 13.0. The Bertz CT molecular complexity index is 700. The normalized spacial score (nSPS) is 14.1. The van der Waals surface area contributed by atoms with Crippen molar-refractivity contribution in [1.29, 1.82) is 0 Å². The number of nitrogens with one attached hydrogen (secondary N) is 1. The van der Waals surface area contributed by atoms with Gasteiger partial charge in [-0.2, -0.15) is 0 Å². The summed E-state index contributed by atoms with van der Waals surface area (Å²) < 4.78 is 5.13. The zero-order valence-corrected chi connectivity index (χ0v) is 13.0. The van der Waals surface area contributed by atoms with Gasteiger partial charge in [0.2, 0.25) is 12.3 Å². The first-order valence-electron chi connectivity index (χ1n) is 7.31. The summed E-state index contributed by atoms with van der Waals surface area (Å²) in [6.45, 7) is 1.51. The molecule has 1 unspecified atom stereocenters. The molecule has 2 rings (SSSR count). The fourth-order valence-corrected chi connectivity index (χ4v) is 2.47. The van der Waals surface area contributed by atoms with Crippen molar-refractivity contribution < 1.29 is 28.7 Å². The summed E-state index contributed by atoms with van der Waals surface area (Å²) in [6.07, 6.45) is 1.12. The second kappa shape index (κ2) is 7.49. The fourth-order valence-electron chi connectivity index (χ4n) is 2.47. The van der Waals surface area contributed by atoms with Crippen molar-refractivity contribution in [2.45, 2.75) is 25.8 Å². The molecule has 8 nitrogen and oxygen atoms in total. The summed E-state index contributed by atoms with van der Waals surface area (Å²) in [5.74, 6) is -1.07. The molecule has 0 aliphatic carbocycles. The summed E-state index contributed by atoms with van der Waals surface area (Å²) in [5, 5.41) is 2.01. The molecule has 0 saturated heterocycles. The minimum Gasteiger partial charge on any atom is -0.486 e. The Kier molecular flexibility index (Phi) is 5.41. The van der Waals surface area contributed by atoms with Crippen LogP contribution in [0.25, 0.3) is 0 Å². The van der Waals surface area contributed by atoms with Crippen molar-refractivity contribution in [2.75, 3.05) is 6.61 Å². The molecule has 8 heteroatoms. The topological polar surface area (TPSA) is 110 Å². The Morgan fingerprint density at radius 1 is 1.25 bits per heavy atom. The van der Waals surface area contributed by atoms with E-state index < -0.39 is 23.8 Å². The predicted molar refractivity (Wildman–Crippen MR) is 81.4 cm³/mol. The van der Waals surface area contributed by atoms with Crippen molar-refractivity contribution in [2.24, 2.45) is 0 Å². The number of ether oxygens (including phenoxy) is 1. The Morgan fingerprint density at radius 2 is 1.96 bits per heavy atom. The third-order valence-corrected chi connectivity index (χ3v) is 3.66. The number of rotatable bonds is 8. The number of carbonyl (C=O) groups excluding carboxylic acids is 5. The number of carbonyl (C=O) groups is 5. The van der Waals surface area contributed by atoms with Crippen molar-refractivity contribution in [3.05, 3.63) is 29.3 Å². The quantitative estimate of drug-likeness (QED) is 0.542. The van der Waals surface area contributed by atoms with E-state index in [9.17, 15) is 24.0 Å². The van der Waals surface area contributed by atoms with Gasteiger partial charge in [-0.05, 0) is 31.5 Å². The molecular weight excluding hydrogens is 316 g/mol. The number of hydrogen-bond acceptors (Lipinski definition) is 6. The van der Waals surface area contributed by atoms with Gasteiger partial charge in [0.25, 0.3) is 11.8 Å². The van der Waals surface area contributed by atoms with Gasteiger partial charge < -0.3 is 4.74 Å². The highest BCUT2D eigenvalue weighted by molar-refractivity contribution is 6.21. The van der Waals surface area contributed by atoms with Crippen molar-refractivity contribution in [3.63, 3.8) is 0 Å². The van der Waals surface area contributed by atoms with E-state index >= 15 is 0 Å². The van der Waals surface area contributed by atoms with Crippen LogP contribution in [-0.4, -0.2) is 48.0 Å². The molecule has 1 aromatic carbocycles. The maximum absolute atomic E-state index is 12.5. The number of hydrogen-bond donors (Lipinski definition) is 1. The van der Waals surface area contributed by atoms with Crippen LogP contribution in [-0.2, 0) is 14.4 Å². The van der Waals surface area contributed by atoms with Gasteiger partial charge in [-0.25, -0.2) is 0 Å². The van der Waals surface area contributed by atoms with E-state index in [0.29, 0.717) is 12.0 Å². The molecule has 1 heterocycles. The second-order valence-electron chi connectivity index (χ2n) is 5.24. The van der Waals surface area contributed by atoms with Crippen molar-refractivity contribution >= 4 is 30.4 Å². The monoisotopic (exact) mass is 332 g/mol. The summed E-state index contributed by atoms with van der Waals surface area (Å²) in [7, 11) is 0. The first kappa shape index (κ1) is 17.3. The highest BCUT2D eigenvalue weighted by Crippen LogP contribution is 2.29. The number of fused-ring (bicyclic) bond motifs is 1. The molecule has 0 fully saturated rings. The minimum absolute atomic E-state index is 0.0149. The lowest BCUT2D eigenvalue weighted by atomic mass is 10.1. The Labute approximate surface area is 137 Å². The van der Waals surface area contributed by atoms with Gasteiger partial charge in [0.1, 0.15) is 12.4 Å². The smallest absolute Gasteiger partial charge is 0.261 e. The van der Waals surface area contributed by atoms with Gasteiger partial charge in [0.05, 0.1) is 11.1 Å². The Morgan fingerprint density at radius 3 is 2.62 bits per heavy atom. The highest BCUT2D eigenvalue weighted by Gasteiger charge is 2.38. The summed E-state index contributed by atoms with van der Waals surface area (Å²) in [6, 6.07) is 3.90. The third-order valence-electron chi connectivity index (χ3n) is 3.66. The van der Waals surface area contributed by atoms with E-state index in [2.05, 4.69) is 0 Å². The van der Waals surface area contributed by atoms with E-state index in [1.54, 1.807) is 6.92 Å². The number of imide groups is 2. The lowest BCUT2D eigenvalue weighted by Gasteiger charge is -2.22. The molecule has 126 valence electrons. The molecular formula is C16H16N2O6. The number of amides is 4. The van der Waals surface area contributed by atoms with Crippen LogP contribution in [0.15, 0.2) is 18.2 Å². The van der Waals surface area contributed by atoms with Gasteiger partial charge in [0, 0.05) is 12.5 Å². The molecule has 1 N–H and O–H groups in total. The van der Waals surface area contributed by atoms with Crippen LogP contribution in [0.1, 0.15) is 40.5 Å². The second-order valence-corrected chi connectivity index (χ2v) is 5.24. The first-order chi connectivity index (χ1) is 11.5. The van der Waals surface area contributed by atoms with Gasteiger partial charge >= 0.3 is 0 Å². The maximum atomic E-state index is 12.5. The lowest BCUT2D eigenvalue weighted by molar-refractivity contribution is -0.125. The highest BCUT2D eigenvalue weighted by atomic mass is 16.5. The third kappa shape index (κ3) is 3.48. The lowest BCUT2D eigenvalue weighted by Crippen LogP contribution is -2.38. The summed E-state index contributed by atoms with van der Waals surface area (Å²) in [5.41, 5.74) is 0.454. The largest absolute Gasteiger partial charge is 0.486 e. The molecule has 0 spiro atoms. The Balaban J connectivity index is 2.12. The molecule has 24 heavy (non-hydrogen) atoms. The number of benzene rings is 1. The molecule has 0 aromatic heterocycles. The standard InChI is InChI=1S/C16H16N2O6/c1-10(2-5-14(21)17-9-20)18-15(22)12-4-3-11(24-7-6-19)8-13(12)16(18)23/h3-4,6,8-10H,2,5,7H2,1H3,(H,17,20,21). The maximum Gasteiger partial charge on any atom is 0.261 e. The molecule has 0 radical (unpaired) electrons. The van der Waals surface area contributed by atoms with Crippen LogP contribution in [0.3, 0.4) is 0 Å². The molecule has 0 saturated carbocycles. The molecule has 1 atom stereocenters. The van der Waals surface area contributed by atoms with Crippen LogP contribution in [0.5, 0.6) is 5.75 Å². The first-order valence-corrected chi connectivity index (χ1v) is 7.31. The Hall–Kier alpha value is -3.03. The molecule has 1 aromatic rings. The van der Waals surface area contributed by atoms with Crippen LogP contribution in [0.2, 0.25) is 0 Å². The van der Waals surface area contributed by atoms with Crippen LogP contribution in [0, 0.1) is 0 Å². The fraction of sp³-hybridized carbons (Fsp3) is 0.312. The molecule has 0 bridgehead atoms. The average molecular weight is 332 g/mol. The van der Waals surface area contributed by atoms with Crippen LogP contribution in [0.4, 0.5) is 0 Å². The summed E-state index contributed by atoms with van der Waals surface area (Å²) >= 11 is 0. The number of aldehydes is 1. The van der Waals surface area contributed by atoms with Crippen LogP contribution < -0.4 is 10.1 Å². The van der Waals surface area contributed by atoms with E-state index in [1.807, 2.05) is 5.32 Å². The van der Waals surface area contributed by atoms with Crippen molar-refractivity contribution in [1.82, 2.24) is 10.2 Å². The van der Waals surface area contributed by atoms with E-state index in [-0.39, 0.29) is 37.0 Å². The van der Waals surface area contributed by atoms with E-state index in [0.717, 1.165) is 4.90 Å². The van der Waals surface area contributed by atoms with Gasteiger partial charge in [0.15, 0.2) is 6.29 Å². The molecule has 4 amide bonds. The zero-order chi connectivity index (χ0) is 17.7. The van der Waals surface area contributed by atoms with Crippen molar-refractivity contribution in [3.8, 4) is 5.75 Å².